The van der Waals surface area contributed by atoms with Gasteiger partial charge in [0.1, 0.15) is 16.7 Å². The van der Waals surface area contributed by atoms with Gasteiger partial charge in [-0.15, -0.1) is 11.3 Å². The summed E-state index contributed by atoms with van der Waals surface area (Å²) in [5.74, 6) is -0.401. The Kier molecular flexibility index (Phi) is 2.90. The molecule has 1 fully saturated rings. The van der Waals surface area contributed by atoms with Crippen LogP contribution in [0.15, 0.2) is 11.4 Å². The van der Waals surface area contributed by atoms with Crippen LogP contribution in [0.25, 0.3) is 0 Å². The van der Waals surface area contributed by atoms with E-state index in [-0.39, 0.29) is 22.5 Å². The summed E-state index contributed by atoms with van der Waals surface area (Å²) < 4.78 is 27.8. The summed E-state index contributed by atoms with van der Waals surface area (Å²) in [7, 11) is -2.96. The van der Waals surface area contributed by atoms with Gasteiger partial charge in [-0.2, -0.15) is 0 Å². The lowest BCUT2D eigenvalue weighted by Crippen LogP contribution is -2.17. The smallest absolute Gasteiger partial charge is 0.346 e. The topological polar surface area (TPSA) is 80.7 Å². The number of carbonyl (C=O) groups is 1. The molecule has 0 radical (unpaired) electrons. The average molecular weight is 262 g/mol. The maximum Gasteiger partial charge on any atom is 0.346 e. The van der Waals surface area contributed by atoms with Gasteiger partial charge in [0, 0.05) is 11.4 Å². The summed E-state index contributed by atoms with van der Waals surface area (Å²) in [4.78, 5) is 10.8. The van der Waals surface area contributed by atoms with Crippen molar-refractivity contribution in [3.8, 4) is 5.75 Å². The van der Waals surface area contributed by atoms with Gasteiger partial charge in [0.05, 0.1) is 11.5 Å². The van der Waals surface area contributed by atoms with Crippen LogP contribution in [-0.4, -0.2) is 37.1 Å². The van der Waals surface area contributed by atoms with Crippen LogP contribution in [-0.2, 0) is 9.84 Å². The molecule has 0 spiro atoms. The zero-order valence-corrected chi connectivity index (χ0v) is 9.88. The summed E-state index contributed by atoms with van der Waals surface area (Å²) in [6.45, 7) is 0. The van der Waals surface area contributed by atoms with E-state index in [0.717, 1.165) is 11.3 Å². The van der Waals surface area contributed by atoms with E-state index in [2.05, 4.69) is 0 Å². The van der Waals surface area contributed by atoms with Gasteiger partial charge in [0.2, 0.25) is 0 Å². The summed E-state index contributed by atoms with van der Waals surface area (Å²) in [5, 5.41) is 10.3. The molecule has 16 heavy (non-hydrogen) atoms. The SMILES string of the molecule is O=C(O)c1cc(OC2CCS(=O)(=O)C2)cs1. The molecule has 88 valence electrons. The van der Waals surface area contributed by atoms with Gasteiger partial charge in [-0.1, -0.05) is 0 Å². The van der Waals surface area contributed by atoms with E-state index in [4.69, 9.17) is 9.84 Å². The third kappa shape index (κ3) is 2.53. The van der Waals surface area contributed by atoms with Crippen molar-refractivity contribution in [2.24, 2.45) is 0 Å². The molecule has 1 aliphatic rings. The highest BCUT2D eigenvalue weighted by molar-refractivity contribution is 7.91. The average Bonchev–Trinajstić information content (AvgIpc) is 2.73. The summed E-state index contributed by atoms with van der Waals surface area (Å²) in [6, 6.07) is 1.41. The Morgan fingerprint density at radius 3 is 2.81 bits per heavy atom. The molecular formula is C9H10O5S2. The van der Waals surface area contributed by atoms with E-state index >= 15 is 0 Å². The lowest BCUT2D eigenvalue weighted by atomic mass is 10.3. The van der Waals surface area contributed by atoms with E-state index in [1.165, 1.54) is 6.07 Å². The highest BCUT2D eigenvalue weighted by Gasteiger charge is 2.29. The van der Waals surface area contributed by atoms with Gasteiger partial charge in [0.15, 0.2) is 9.84 Å². The zero-order valence-electron chi connectivity index (χ0n) is 8.25. The van der Waals surface area contributed by atoms with Crippen molar-refractivity contribution in [3.63, 3.8) is 0 Å². The monoisotopic (exact) mass is 262 g/mol. The number of rotatable bonds is 3. The van der Waals surface area contributed by atoms with Crippen LogP contribution in [0.5, 0.6) is 5.75 Å². The molecule has 5 nitrogen and oxygen atoms in total. The molecule has 0 saturated carbocycles. The standard InChI is InChI=1S/C9H10O5S2/c10-9(11)8-3-7(4-15-8)14-6-1-2-16(12,13)5-6/h3-4,6H,1-2,5H2,(H,10,11). The van der Waals surface area contributed by atoms with Crippen molar-refractivity contribution in [2.75, 3.05) is 11.5 Å². The zero-order chi connectivity index (χ0) is 11.8. The summed E-state index contributed by atoms with van der Waals surface area (Å²) in [5.41, 5.74) is 0. The van der Waals surface area contributed by atoms with Crippen LogP contribution < -0.4 is 4.74 Å². The van der Waals surface area contributed by atoms with Gasteiger partial charge in [-0.3, -0.25) is 0 Å². The maximum atomic E-state index is 11.2. The van der Waals surface area contributed by atoms with Crippen molar-refractivity contribution in [1.29, 1.82) is 0 Å². The minimum Gasteiger partial charge on any atom is -0.488 e. The number of sulfone groups is 1. The van der Waals surface area contributed by atoms with Crippen molar-refractivity contribution >= 4 is 27.1 Å². The number of aromatic carboxylic acids is 1. The molecule has 1 saturated heterocycles. The molecule has 1 aromatic heterocycles. The van der Waals surface area contributed by atoms with Gasteiger partial charge in [-0.25, -0.2) is 13.2 Å². The fraction of sp³-hybridized carbons (Fsp3) is 0.444. The molecule has 2 rings (SSSR count). The van der Waals surface area contributed by atoms with Crippen LogP contribution in [0.4, 0.5) is 0 Å². The van der Waals surface area contributed by atoms with Crippen LogP contribution in [0.2, 0.25) is 0 Å². The molecule has 1 atom stereocenters. The molecule has 1 unspecified atom stereocenters. The second kappa shape index (κ2) is 4.06. The molecule has 1 aromatic rings. The number of hydrogen-bond donors (Lipinski definition) is 1. The molecule has 0 aromatic carbocycles. The van der Waals surface area contributed by atoms with Crippen molar-refractivity contribution in [2.45, 2.75) is 12.5 Å². The first-order chi connectivity index (χ1) is 7.46. The van der Waals surface area contributed by atoms with Gasteiger partial charge < -0.3 is 9.84 Å². The van der Waals surface area contributed by atoms with Crippen molar-refractivity contribution in [1.82, 2.24) is 0 Å². The minimum absolute atomic E-state index is 0.0191. The Morgan fingerprint density at radius 2 is 2.31 bits per heavy atom. The largest absolute Gasteiger partial charge is 0.488 e. The lowest BCUT2D eigenvalue weighted by molar-refractivity contribution is 0.0701. The van der Waals surface area contributed by atoms with Gasteiger partial charge >= 0.3 is 5.97 Å². The Labute approximate surface area is 96.6 Å². The predicted molar refractivity (Wildman–Crippen MR) is 59.0 cm³/mol. The fourth-order valence-electron chi connectivity index (χ4n) is 1.54. The molecule has 2 heterocycles. The van der Waals surface area contributed by atoms with Crippen LogP contribution in [0, 0.1) is 0 Å². The normalized spacial score (nSPS) is 23.1. The Balaban J connectivity index is 2.02. The molecule has 1 aliphatic heterocycles. The lowest BCUT2D eigenvalue weighted by Gasteiger charge is -2.09. The number of carboxylic acids is 1. The van der Waals surface area contributed by atoms with Crippen LogP contribution in [0.3, 0.4) is 0 Å². The molecule has 0 aliphatic carbocycles. The molecule has 0 bridgehead atoms. The highest BCUT2D eigenvalue weighted by Crippen LogP contribution is 2.25. The molecular weight excluding hydrogens is 252 g/mol. The second-order valence-corrected chi connectivity index (χ2v) is 6.73. The third-order valence-electron chi connectivity index (χ3n) is 2.28. The summed E-state index contributed by atoms with van der Waals surface area (Å²) in [6.07, 6.45) is 0.127. The first-order valence-electron chi connectivity index (χ1n) is 4.65. The van der Waals surface area contributed by atoms with Crippen LogP contribution in [0.1, 0.15) is 16.1 Å². The predicted octanol–water partition coefficient (Wildman–Crippen LogP) is 1.01. The maximum absolute atomic E-state index is 11.2. The van der Waals surface area contributed by atoms with Crippen molar-refractivity contribution < 1.29 is 23.1 Å². The Morgan fingerprint density at radius 1 is 1.56 bits per heavy atom. The molecule has 7 heteroatoms. The third-order valence-corrected chi connectivity index (χ3v) is 4.91. The highest BCUT2D eigenvalue weighted by atomic mass is 32.2. The quantitative estimate of drug-likeness (QED) is 0.879. The minimum atomic E-state index is -2.96. The second-order valence-electron chi connectivity index (χ2n) is 3.59. The van der Waals surface area contributed by atoms with E-state index in [1.807, 2.05) is 0 Å². The Bertz CT molecular complexity index is 502. The number of ether oxygens (including phenoxy) is 1. The van der Waals surface area contributed by atoms with Crippen molar-refractivity contribution in [3.05, 3.63) is 16.3 Å². The van der Waals surface area contributed by atoms with Gasteiger partial charge in [-0.05, 0) is 6.42 Å². The first-order valence-corrected chi connectivity index (χ1v) is 7.35. The molecule has 1 N–H and O–H groups in total. The summed E-state index contributed by atoms with van der Waals surface area (Å²) >= 11 is 1.07. The number of carboxylic acid groups (broad SMARTS) is 1. The van der Waals surface area contributed by atoms with E-state index in [1.54, 1.807) is 5.38 Å². The van der Waals surface area contributed by atoms with E-state index in [0.29, 0.717) is 12.2 Å². The van der Waals surface area contributed by atoms with E-state index in [9.17, 15) is 13.2 Å². The number of thiophene rings is 1. The van der Waals surface area contributed by atoms with Crippen LogP contribution >= 0.6 is 11.3 Å². The van der Waals surface area contributed by atoms with E-state index < -0.39 is 15.8 Å². The Hall–Kier alpha value is -1.08. The first kappa shape index (κ1) is 11.4. The number of hydrogen-bond acceptors (Lipinski definition) is 5. The molecule has 0 amide bonds. The van der Waals surface area contributed by atoms with Gasteiger partial charge in [0.25, 0.3) is 0 Å². The fourth-order valence-corrected chi connectivity index (χ4v) is 3.78.